The number of aliphatic hydroxyl groups excluding tert-OH is 1. The van der Waals surface area contributed by atoms with E-state index < -0.39 is 0 Å². The van der Waals surface area contributed by atoms with E-state index in [4.69, 9.17) is 9.47 Å². The quantitative estimate of drug-likeness (QED) is 0.885. The van der Waals surface area contributed by atoms with Crippen molar-refractivity contribution >= 4 is 0 Å². The molecule has 1 unspecified atom stereocenters. The standard InChI is InChI=1S/C14H21NO3/c1-9-5-11-12(7-15(9)2)13(17-3)6-10(8-16)14(11)18-4/h6,9,16H,5,7-8H2,1-4H3. The van der Waals surface area contributed by atoms with Gasteiger partial charge in [0.05, 0.1) is 20.8 Å². The molecule has 0 radical (unpaired) electrons. The number of hydrogen-bond acceptors (Lipinski definition) is 4. The summed E-state index contributed by atoms with van der Waals surface area (Å²) in [5.74, 6) is 1.65. The van der Waals surface area contributed by atoms with E-state index >= 15 is 0 Å². The van der Waals surface area contributed by atoms with Crippen LogP contribution in [0.15, 0.2) is 6.07 Å². The molecule has 4 nitrogen and oxygen atoms in total. The van der Waals surface area contributed by atoms with Crippen molar-refractivity contribution in [2.45, 2.75) is 32.5 Å². The Hall–Kier alpha value is -1.26. The first-order valence-electron chi connectivity index (χ1n) is 6.19. The summed E-state index contributed by atoms with van der Waals surface area (Å²) in [5.41, 5.74) is 3.14. The fraction of sp³-hybridized carbons (Fsp3) is 0.571. The van der Waals surface area contributed by atoms with Crippen molar-refractivity contribution in [2.24, 2.45) is 0 Å². The molecule has 0 saturated heterocycles. The molecule has 0 saturated carbocycles. The second kappa shape index (κ2) is 5.16. The summed E-state index contributed by atoms with van der Waals surface area (Å²) in [6.07, 6.45) is 0.916. The van der Waals surface area contributed by atoms with Crippen molar-refractivity contribution in [2.75, 3.05) is 21.3 Å². The molecule has 1 aliphatic rings. The number of fused-ring (bicyclic) bond motifs is 1. The van der Waals surface area contributed by atoms with Gasteiger partial charge in [0, 0.05) is 29.3 Å². The molecule has 0 aromatic heterocycles. The predicted molar refractivity (Wildman–Crippen MR) is 70.1 cm³/mol. The van der Waals surface area contributed by atoms with Crippen LogP contribution in [-0.4, -0.2) is 37.3 Å². The van der Waals surface area contributed by atoms with Gasteiger partial charge in [0.15, 0.2) is 0 Å². The van der Waals surface area contributed by atoms with Crippen molar-refractivity contribution < 1.29 is 14.6 Å². The van der Waals surface area contributed by atoms with E-state index in [0.717, 1.165) is 30.0 Å². The molecule has 0 spiro atoms. The summed E-state index contributed by atoms with van der Waals surface area (Å²) in [5, 5.41) is 9.44. The van der Waals surface area contributed by atoms with Gasteiger partial charge in [0.25, 0.3) is 0 Å². The van der Waals surface area contributed by atoms with E-state index in [2.05, 4.69) is 18.9 Å². The third kappa shape index (κ3) is 2.06. The SMILES string of the molecule is COc1cc(CO)c(OC)c2c1CN(C)C(C)C2. The number of likely N-dealkylation sites (N-methyl/N-ethyl adjacent to an activating group) is 1. The number of rotatable bonds is 3. The predicted octanol–water partition coefficient (Wildman–Crippen LogP) is 1.57. The van der Waals surface area contributed by atoms with Gasteiger partial charge in [0.1, 0.15) is 11.5 Å². The highest BCUT2D eigenvalue weighted by Crippen LogP contribution is 2.39. The van der Waals surface area contributed by atoms with Crippen LogP contribution in [0.5, 0.6) is 11.5 Å². The minimum Gasteiger partial charge on any atom is -0.496 e. The molecule has 0 amide bonds. The lowest BCUT2D eigenvalue weighted by molar-refractivity contribution is 0.221. The summed E-state index contributed by atoms with van der Waals surface area (Å²) >= 11 is 0. The van der Waals surface area contributed by atoms with Gasteiger partial charge in [-0.1, -0.05) is 0 Å². The second-order valence-corrected chi connectivity index (χ2v) is 4.85. The van der Waals surface area contributed by atoms with Crippen LogP contribution in [0.1, 0.15) is 23.6 Å². The van der Waals surface area contributed by atoms with E-state index in [1.807, 2.05) is 6.07 Å². The van der Waals surface area contributed by atoms with Crippen molar-refractivity contribution in [3.8, 4) is 11.5 Å². The van der Waals surface area contributed by atoms with Gasteiger partial charge in [-0.05, 0) is 26.5 Å². The summed E-state index contributed by atoms with van der Waals surface area (Å²) in [6.45, 7) is 3.01. The molecular weight excluding hydrogens is 230 g/mol. The summed E-state index contributed by atoms with van der Waals surface area (Å²) in [6, 6.07) is 2.34. The molecule has 4 heteroatoms. The molecule has 0 bridgehead atoms. The van der Waals surface area contributed by atoms with E-state index in [1.54, 1.807) is 14.2 Å². The fourth-order valence-electron chi connectivity index (χ4n) is 2.59. The first kappa shape index (κ1) is 13.2. The highest BCUT2D eigenvalue weighted by molar-refractivity contribution is 5.54. The Labute approximate surface area is 108 Å². The molecule has 2 rings (SSSR count). The van der Waals surface area contributed by atoms with Crippen molar-refractivity contribution in [1.82, 2.24) is 4.90 Å². The van der Waals surface area contributed by atoms with Crippen LogP contribution in [0, 0.1) is 0 Å². The molecule has 0 aliphatic carbocycles. The molecule has 1 atom stereocenters. The fourth-order valence-corrected chi connectivity index (χ4v) is 2.59. The van der Waals surface area contributed by atoms with Crippen LogP contribution in [-0.2, 0) is 19.6 Å². The summed E-state index contributed by atoms with van der Waals surface area (Å²) in [4.78, 5) is 2.29. The Morgan fingerprint density at radius 2 is 2.06 bits per heavy atom. The smallest absolute Gasteiger partial charge is 0.128 e. The zero-order valence-electron chi connectivity index (χ0n) is 11.5. The van der Waals surface area contributed by atoms with Gasteiger partial charge >= 0.3 is 0 Å². The first-order valence-corrected chi connectivity index (χ1v) is 6.19. The maximum Gasteiger partial charge on any atom is 0.128 e. The molecule has 1 aromatic rings. The number of benzene rings is 1. The van der Waals surface area contributed by atoms with Crippen LogP contribution >= 0.6 is 0 Å². The lowest BCUT2D eigenvalue weighted by Gasteiger charge is -2.34. The van der Waals surface area contributed by atoms with Gasteiger partial charge < -0.3 is 14.6 Å². The highest BCUT2D eigenvalue weighted by atomic mass is 16.5. The van der Waals surface area contributed by atoms with Gasteiger partial charge in [-0.3, -0.25) is 4.90 Å². The average molecular weight is 251 g/mol. The van der Waals surface area contributed by atoms with Gasteiger partial charge in [0.2, 0.25) is 0 Å². The second-order valence-electron chi connectivity index (χ2n) is 4.85. The summed E-state index contributed by atoms with van der Waals surface area (Å²) in [7, 11) is 5.44. The topological polar surface area (TPSA) is 41.9 Å². The van der Waals surface area contributed by atoms with Crippen LogP contribution < -0.4 is 9.47 Å². The van der Waals surface area contributed by atoms with Gasteiger partial charge in [-0.2, -0.15) is 0 Å². The van der Waals surface area contributed by atoms with Gasteiger partial charge in [-0.15, -0.1) is 0 Å². The first-order chi connectivity index (χ1) is 8.62. The third-order valence-corrected chi connectivity index (χ3v) is 3.79. The van der Waals surface area contributed by atoms with Crippen molar-refractivity contribution in [3.05, 3.63) is 22.8 Å². The highest BCUT2D eigenvalue weighted by Gasteiger charge is 2.27. The van der Waals surface area contributed by atoms with Crippen molar-refractivity contribution in [3.63, 3.8) is 0 Å². The minimum absolute atomic E-state index is 0.0307. The number of hydrogen-bond donors (Lipinski definition) is 1. The molecule has 1 aliphatic heterocycles. The normalized spacial score (nSPS) is 19.5. The Balaban J connectivity index is 2.60. The van der Waals surface area contributed by atoms with Crippen LogP contribution in [0.25, 0.3) is 0 Å². The number of ether oxygens (including phenoxy) is 2. The van der Waals surface area contributed by atoms with Crippen LogP contribution in [0.3, 0.4) is 0 Å². The zero-order chi connectivity index (χ0) is 13.3. The number of nitrogens with zero attached hydrogens (tertiary/aromatic N) is 1. The summed E-state index contributed by atoms with van der Waals surface area (Å²) < 4.78 is 10.9. The average Bonchev–Trinajstić information content (AvgIpc) is 2.38. The Bertz CT molecular complexity index is 445. The molecule has 0 fully saturated rings. The molecule has 1 aromatic carbocycles. The lowest BCUT2D eigenvalue weighted by Crippen LogP contribution is -2.35. The van der Waals surface area contributed by atoms with Crippen molar-refractivity contribution in [1.29, 1.82) is 0 Å². The maximum absolute atomic E-state index is 9.44. The Morgan fingerprint density at radius 3 is 2.61 bits per heavy atom. The molecule has 18 heavy (non-hydrogen) atoms. The zero-order valence-corrected chi connectivity index (χ0v) is 11.5. The van der Waals surface area contributed by atoms with Crippen LogP contribution in [0.4, 0.5) is 0 Å². The Kier molecular flexibility index (Phi) is 3.78. The molecule has 1 heterocycles. The van der Waals surface area contributed by atoms with E-state index in [0.29, 0.717) is 6.04 Å². The number of methoxy groups -OCH3 is 2. The third-order valence-electron chi connectivity index (χ3n) is 3.79. The maximum atomic E-state index is 9.44. The monoisotopic (exact) mass is 251 g/mol. The van der Waals surface area contributed by atoms with Gasteiger partial charge in [-0.25, -0.2) is 0 Å². The molecular formula is C14H21NO3. The molecule has 1 N–H and O–H groups in total. The van der Waals surface area contributed by atoms with E-state index in [1.165, 1.54) is 11.1 Å². The lowest BCUT2D eigenvalue weighted by atomic mass is 9.91. The molecule has 100 valence electrons. The van der Waals surface area contributed by atoms with E-state index in [9.17, 15) is 5.11 Å². The number of aliphatic hydroxyl groups is 1. The minimum atomic E-state index is -0.0307. The Morgan fingerprint density at radius 1 is 1.33 bits per heavy atom. The van der Waals surface area contributed by atoms with E-state index in [-0.39, 0.29) is 6.61 Å². The van der Waals surface area contributed by atoms with Crippen LogP contribution in [0.2, 0.25) is 0 Å². The largest absolute Gasteiger partial charge is 0.496 e.